The highest BCUT2D eigenvalue weighted by molar-refractivity contribution is 5.49. The second-order valence-corrected chi connectivity index (χ2v) is 8.01. The second-order valence-electron chi connectivity index (χ2n) is 8.01. The topological polar surface area (TPSA) is 41.9 Å². The Hall–Kier alpha value is -1.33. The standard InChI is InChI=1S/C19H29NO2.C3H7FO/c1-13(2)9-14-5-6-17-16-11-19(22-4)18(21-3)10-15(16)7-8-20(17)12-14;4-2-1-3-5/h10-11,13-14,17H,5-9,12H2,1-4H3;5H,1-3H2. The molecule has 0 aliphatic carbocycles. The molecule has 0 saturated carbocycles. The Labute approximate surface area is 163 Å². The van der Waals surface area contributed by atoms with E-state index in [-0.39, 0.29) is 13.0 Å². The fraction of sp³-hybridized carbons (Fsp3) is 0.727. The molecule has 154 valence electrons. The van der Waals surface area contributed by atoms with Crippen molar-refractivity contribution < 1.29 is 19.0 Å². The van der Waals surface area contributed by atoms with E-state index in [1.165, 1.54) is 43.5 Å². The van der Waals surface area contributed by atoms with Crippen LogP contribution in [0.25, 0.3) is 0 Å². The normalized spacial score (nSPS) is 21.7. The van der Waals surface area contributed by atoms with Crippen molar-refractivity contribution in [2.45, 2.75) is 52.0 Å². The van der Waals surface area contributed by atoms with Crippen LogP contribution in [0.1, 0.15) is 56.7 Å². The van der Waals surface area contributed by atoms with Gasteiger partial charge in [-0.2, -0.15) is 0 Å². The largest absolute Gasteiger partial charge is 0.493 e. The Morgan fingerprint density at radius 1 is 1.19 bits per heavy atom. The summed E-state index contributed by atoms with van der Waals surface area (Å²) in [5, 5.41) is 7.83. The molecule has 2 atom stereocenters. The number of rotatable bonds is 6. The number of hydrogen-bond acceptors (Lipinski definition) is 4. The maximum Gasteiger partial charge on any atom is 0.161 e. The summed E-state index contributed by atoms with van der Waals surface area (Å²) in [6, 6.07) is 4.98. The third kappa shape index (κ3) is 5.82. The van der Waals surface area contributed by atoms with Crippen LogP contribution in [-0.4, -0.2) is 50.6 Å². The van der Waals surface area contributed by atoms with Crippen molar-refractivity contribution in [3.8, 4) is 11.5 Å². The molecule has 1 saturated heterocycles. The lowest BCUT2D eigenvalue weighted by Crippen LogP contribution is -2.42. The molecule has 27 heavy (non-hydrogen) atoms. The Morgan fingerprint density at radius 3 is 2.44 bits per heavy atom. The van der Waals surface area contributed by atoms with Gasteiger partial charge in [-0.25, -0.2) is 0 Å². The minimum Gasteiger partial charge on any atom is -0.493 e. The molecule has 3 rings (SSSR count). The maximum atomic E-state index is 10.8. The molecule has 1 aromatic carbocycles. The van der Waals surface area contributed by atoms with E-state index in [2.05, 4.69) is 30.9 Å². The number of methoxy groups -OCH3 is 2. The summed E-state index contributed by atoms with van der Waals surface area (Å²) in [5.74, 6) is 3.41. The number of piperidine rings is 1. The van der Waals surface area contributed by atoms with Crippen LogP contribution in [0.2, 0.25) is 0 Å². The van der Waals surface area contributed by atoms with Gasteiger partial charge in [0, 0.05) is 25.7 Å². The summed E-state index contributed by atoms with van der Waals surface area (Å²) in [4.78, 5) is 2.70. The van der Waals surface area contributed by atoms with E-state index in [1.807, 2.05) is 0 Å². The smallest absolute Gasteiger partial charge is 0.161 e. The zero-order valence-electron chi connectivity index (χ0n) is 17.3. The monoisotopic (exact) mass is 381 g/mol. The predicted molar refractivity (Wildman–Crippen MR) is 107 cm³/mol. The average Bonchev–Trinajstić information content (AvgIpc) is 2.67. The number of aliphatic hydroxyl groups excluding tert-OH is 1. The first kappa shape index (κ1) is 22.0. The van der Waals surface area contributed by atoms with Gasteiger partial charge in [-0.1, -0.05) is 13.8 Å². The van der Waals surface area contributed by atoms with Crippen molar-refractivity contribution in [2.75, 3.05) is 40.6 Å². The maximum absolute atomic E-state index is 10.8. The van der Waals surface area contributed by atoms with Crippen LogP contribution in [0.5, 0.6) is 11.5 Å². The lowest BCUT2D eigenvalue weighted by Gasteiger charge is -2.44. The van der Waals surface area contributed by atoms with E-state index < -0.39 is 6.67 Å². The van der Waals surface area contributed by atoms with Gasteiger partial charge in [-0.05, 0) is 67.2 Å². The summed E-state index contributed by atoms with van der Waals surface area (Å²) in [7, 11) is 3.45. The molecule has 2 aliphatic rings. The third-order valence-electron chi connectivity index (χ3n) is 5.55. The third-order valence-corrected chi connectivity index (χ3v) is 5.55. The highest BCUT2D eigenvalue weighted by Gasteiger charge is 2.34. The molecular weight excluding hydrogens is 345 g/mol. The van der Waals surface area contributed by atoms with Crippen LogP contribution in [0.3, 0.4) is 0 Å². The SMILES string of the molecule is COc1cc2c(cc1OC)C1CCC(CC(C)C)CN1CC2.OCCCF. The number of nitrogens with zero attached hydrogens (tertiary/aromatic N) is 1. The number of halogens is 1. The van der Waals surface area contributed by atoms with Crippen molar-refractivity contribution in [3.63, 3.8) is 0 Å². The number of benzene rings is 1. The Balaban J connectivity index is 0.000000465. The first-order valence-electron chi connectivity index (χ1n) is 10.2. The molecule has 0 aromatic heterocycles. The van der Waals surface area contributed by atoms with Crippen LogP contribution in [-0.2, 0) is 6.42 Å². The Kier molecular flexibility index (Phi) is 8.84. The van der Waals surface area contributed by atoms with Crippen molar-refractivity contribution in [1.82, 2.24) is 4.90 Å². The second kappa shape index (κ2) is 10.9. The fourth-order valence-corrected chi connectivity index (χ4v) is 4.37. The van der Waals surface area contributed by atoms with Crippen LogP contribution in [0.4, 0.5) is 4.39 Å². The lowest BCUT2D eigenvalue weighted by molar-refractivity contribution is 0.0894. The molecule has 1 N–H and O–H groups in total. The van der Waals surface area contributed by atoms with E-state index in [9.17, 15) is 4.39 Å². The van der Waals surface area contributed by atoms with Gasteiger partial charge in [0.05, 0.1) is 20.9 Å². The molecule has 1 aromatic rings. The van der Waals surface area contributed by atoms with E-state index in [0.29, 0.717) is 6.04 Å². The zero-order valence-corrected chi connectivity index (χ0v) is 17.3. The highest BCUT2D eigenvalue weighted by Crippen LogP contribution is 2.43. The number of alkyl halides is 1. The quantitative estimate of drug-likeness (QED) is 0.793. The summed E-state index contributed by atoms with van der Waals surface area (Å²) >= 11 is 0. The van der Waals surface area contributed by atoms with E-state index in [1.54, 1.807) is 14.2 Å². The molecule has 0 bridgehead atoms. The molecular formula is C22H36FNO3. The van der Waals surface area contributed by atoms with Gasteiger partial charge >= 0.3 is 0 Å². The highest BCUT2D eigenvalue weighted by atomic mass is 19.1. The van der Waals surface area contributed by atoms with E-state index >= 15 is 0 Å². The molecule has 0 radical (unpaired) electrons. The molecule has 5 heteroatoms. The Bertz CT molecular complexity index is 577. The molecule has 4 nitrogen and oxygen atoms in total. The van der Waals surface area contributed by atoms with Crippen LogP contribution in [0.15, 0.2) is 12.1 Å². The van der Waals surface area contributed by atoms with Crippen LogP contribution >= 0.6 is 0 Å². The van der Waals surface area contributed by atoms with Crippen molar-refractivity contribution in [3.05, 3.63) is 23.3 Å². The molecule has 1 fully saturated rings. The summed E-state index contributed by atoms with van der Waals surface area (Å²) in [6.07, 6.45) is 5.40. The van der Waals surface area contributed by atoms with Crippen molar-refractivity contribution >= 4 is 0 Å². The van der Waals surface area contributed by atoms with Crippen LogP contribution < -0.4 is 9.47 Å². The summed E-state index contributed by atoms with van der Waals surface area (Å²) in [6.45, 7) is 6.69. The minimum absolute atomic E-state index is 0.0312. The lowest BCUT2D eigenvalue weighted by atomic mass is 9.81. The average molecular weight is 382 g/mol. The van der Waals surface area contributed by atoms with Gasteiger partial charge in [0.15, 0.2) is 11.5 Å². The fourth-order valence-electron chi connectivity index (χ4n) is 4.37. The number of aliphatic hydroxyl groups is 1. The zero-order chi connectivity index (χ0) is 19.8. The van der Waals surface area contributed by atoms with Gasteiger partial charge in [0.2, 0.25) is 0 Å². The van der Waals surface area contributed by atoms with Gasteiger partial charge in [-0.15, -0.1) is 0 Å². The first-order valence-corrected chi connectivity index (χ1v) is 10.2. The molecule has 0 spiro atoms. The minimum atomic E-state index is -0.406. The van der Waals surface area contributed by atoms with Gasteiger partial charge in [-0.3, -0.25) is 9.29 Å². The summed E-state index contributed by atoms with van der Waals surface area (Å²) in [5.41, 5.74) is 2.91. The van der Waals surface area contributed by atoms with Crippen molar-refractivity contribution in [2.24, 2.45) is 11.8 Å². The number of ether oxygens (including phenoxy) is 2. The number of fused-ring (bicyclic) bond motifs is 3. The van der Waals surface area contributed by atoms with Crippen molar-refractivity contribution in [1.29, 1.82) is 0 Å². The van der Waals surface area contributed by atoms with Gasteiger partial charge < -0.3 is 14.6 Å². The summed E-state index contributed by atoms with van der Waals surface area (Å²) < 4.78 is 21.8. The molecule has 2 aliphatic heterocycles. The first-order chi connectivity index (χ1) is 13.0. The number of hydrogen-bond donors (Lipinski definition) is 1. The molecule has 2 heterocycles. The molecule has 2 unspecified atom stereocenters. The molecule has 0 amide bonds. The van der Waals surface area contributed by atoms with Crippen LogP contribution in [0, 0.1) is 11.8 Å². The Morgan fingerprint density at radius 2 is 1.89 bits per heavy atom. The van der Waals surface area contributed by atoms with Gasteiger partial charge in [0.1, 0.15) is 0 Å². The van der Waals surface area contributed by atoms with E-state index in [4.69, 9.17) is 14.6 Å². The van der Waals surface area contributed by atoms with Gasteiger partial charge in [0.25, 0.3) is 0 Å². The van der Waals surface area contributed by atoms with E-state index in [0.717, 1.165) is 29.8 Å². The predicted octanol–water partition coefficient (Wildman–Crippen LogP) is 4.40.